The van der Waals surface area contributed by atoms with E-state index in [-0.39, 0.29) is 11.4 Å². The highest BCUT2D eigenvalue weighted by atomic mass is 16.2. The summed E-state index contributed by atoms with van der Waals surface area (Å²) in [5.74, 6) is -0.423. The SMILES string of the molecule is CCC1=C(C(=O)c2ccc(NC=O)cn2)[N]C(=O)N1. The van der Waals surface area contributed by atoms with Crippen LogP contribution >= 0.6 is 0 Å². The van der Waals surface area contributed by atoms with Gasteiger partial charge in [-0.25, -0.2) is 4.79 Å². The number of hydrogen-bond donors (Lipinski definition) is 2. The van der Waals surface area contributed by atoms with E-state index in [1.54, 1.807) is 6.07 Å². The number of Topliss-reactive ketones (excluding diaryl/α,β-unsaturated/α-hetero) is 1. The van der Waals surface area contributed by atoms with Crippen LogP contribution in [0.4, 0.5) is 10.5 Å². The first-order chi connectivity index (χ1) is 9.15. The summed E-state index contributed by atoms with van der Waals surface area (Å²) in [6.07, 6.45) is 2.38. The van der Waals surface area contributed by atoms with Crippen molar-refractivity contribution >= 4 is 23.9 Å². The van der Waals surface area contributed by atoms with Crippen molar-refractivity contribution in [3.8, 4) is 0 Å². The zero-order valence-electron chi connectivity index (χ0n) is 10.1. The maximum atomic E-state index is 12.1. The lowest BCUT2D eigenvalue weighted by Gasteiger charge is -2.03. The van der Waals surface area contributed by atoms with E-state index in [9.17, 15) is 14.4 Å². The average Bonchev–Trinajstić information content (AvgIpc) is 2.80. The largest absolute Gasteiger partial charge is 0.345 e. The van der Waals surface area contributed by atoms with Crippen LogP contribution in [0, 0.1) is 0 Å². The van der Waals surface area contributed by atoms with E-state index in [0.717, 1.165) is 0 Å². The summed E-state index contributed by atoms with van der Waals surface area (Å²) in [6.45, 7) is 1.81. The molecule has 3 amide bonds. The molecule has 0 spiro atoms. The molecule has 1 aliphatic rings. The Balaban J connectivity index is 2.24. The summed E-state index contributed by atoms with van der Waals surface area (Å²) in [7, 11) is 0. The molecule has 0 aromatic carbocycles. The number of carbonyl (C=O) groups excluding carboxylic acids is 3. The van der Waals surface area contributed by atoms with Crippen molar-refractivity contribution in [3.05, 3.63) is 35.4 Å². The Labute approximate surface area is 109 Å². The monoisotopic (exact) mass is 259 g/mol. The summed E-state index contributed by atoms with van der Waals surface area (Å²) < 4.78 is 0. The summed E-state index contributed by atoms with van der Waals surface area (Å²) in [5, 5.41) is 8.56. The normalized spacial score (nSPS) is 13.8. The molecule has 19 heavy (non-hydrogen) atoms. The zero-order chi connectivity index (χ0) is 13.8. The highest BCUT2D eigenvalue weighted by Gasteiger charge is 2.28. The van der Waals surface area contributed by atoms with E-state index in [0.29, 0.717) is 24.2 Å². The van der Waals surface area contributed by atoms with Crippen LogP contribution in [-0.2, 0) is 4.79 Å². The second-order valence-corrected chi connectivity index (χ2v) is 3.75. The number of carbonyl (C=O) groups is 3. The van der Waals surface area contributed by atoms with Crippen LogP contribution in [0.2, 0.25) is 0 Å². The molecule has 0 aliphatic carbocycles. The number of allylic oxidation sites excluding steroid dienone is 2. The van der Waals surface area contributed by atoms with Gasteiger partial charge in [-0.3, -0.25) is 14.6 Å². The summed E-state index contributed by atoms with van der Waals surface area (Å²) >= 11 is 0. The standard InChI is InChI=1S/C12H11N4O3/c1-2-8-10(16-12(19)15-8)11(18)9-4-3-7(5-13-9)14-6-17/h3-6H,2H2,1H3,(H,14,17)(H,15,19). The number of pyridine rings is 1. The summed E-state index contributed by atoms with van der Waals surface area (Å²) in [4.78, 5) is 37.5. The van der Waals surface area contributed by atoms with Crippen molar-refractivity contribution in [1.82, 2.24) is 15.6 Å². The van der Waals surface area contributed by atoms with Gasteiger partial charge in [0.15, 0.2) is 0 Å². The van der Waals surface area contributed by atoms with Crippen molar-refractivity contribution in [1.29, 1.82) is 0 Å². The van der Waals surface area contributed by atoms with Crippen LogP contribution in [0.1, 0.15) is 23.8 Å². The Morgan fingerprint density at radius 1 is 1.47 bits per heavy atom. The predicted octanol–water partition coefficient (Wildman–Crippen LogP) is 0.782. The number of nitrogens with one attached hydrogen (secondary N) is 2. The number of aromatic nitrogens is 1. The smallest absolute Gasteiger partial charge is 0.327 e. The fourth-order valence-corrected chi connectivity index (χ4v) is 1.63. The molecular weight excluding hydrogens is 248 g/mol. The van der Waals surface area contributed by atoms with Crippen molar-refractivity contribution in [3.63, 3.8) is 0 Å². The fraction of sp³-hybridized carbons (Fsp3) is 0.167. The Hall–Kier alpha value is -2.70. The lowest BCUT2D eigenvalue weighted by atomic mass is 10.1. The molecule has 1 aliphatic heterocycles. The van der Waals surface area contributed by atoms with Gasteiger partial charge < -0.3 is 10.6 Å². The Morgan fingerprint density at radius 3 is 2.84 bits per heavy atom. The molecule has 0 fully saturated rings. The average molecular weight is 259 g/mol. The van der Waals surface area contributed by atoms with Crippen molar-refractivity contribution in [2.75, 3.05) is 5.32 Å². The maximum absolute atomic E-state index is 12.1. The highest BCUT2D eigenvalue weighted by molar-refractivity contribution is 6.11. The number of amides is 3. The number of hydrogen-bond acceptors (Lipinski definition) is 4. The molecule has 97 valence electrons. The third-order valence-electron chi connectivity index (χ3n) is 2.55. The lowest BCUT2D eigenvalue weighted by molar-refractivity contribution is -0.105. The molecule has 1 radical (unpaired) electrons. The van der Waals surface area contributed by atoms with Gasteiger partial charge in [0.05, 0.1) is 11.9 Å². The predicted molar refractivity (Wildman–Crippen MR) is 66.2 cm³/mol. The van der Waals surface area contributed by atoms with Crippen LogP contribution in [-0.4, -0.2) is 23.2 Å². The molecule has 0 saturated heterocycles. The third kappa shape index (κ3) is 2.59. The molecule has 0 saturated carbocycles. The number of anilines is 1. The Morgan fingerprint density at radius 2 is 2.26 bits per heavy atom. The van der Waals surface area contributed by atoms with Gasteiger partial charge in [0, 0.05) is 5.70 Å². The van der Waals surface area contributed by atoms with E-state index < -0.39 is 11.8 Å². The van der Waals surface area contributed by atoms with Crippen LogP contribution in [0.5, 0.6) is 0 Å². The molecule has 2 N–H and O–H groups in total. The van der Waals surface area contributed by atoms with Crippen molar-refractivity contribution in [2.24, 2.45) is 0 Å². The first-order valence-electron chi connectivity index (χ1n) is 5.62. The first kappa shape index (κ1) is 12.7. The number of rotatable bonds is 5. The molecule has 0 atom stereocenters. The minimum Gasteiger partial charge on any atom is -0.327 e. The Kier molecular flexibility index (Phi) is 3.56. The van der Waals surface area contributed by atoms with Crippen LogP contribution in [0.25, 0.3) is 0 Å². The van der Waals surface area contributed by atoms with E-state index in [1.807, 2.05) is 6.92 Å². The topological polar surface area (TPSA) is 102 Å². The van der Waals surface area contributed by atoms with Gasteiger partial charge in [-0.1, -0.05) is 6.92 Å². The van der Waals surface area contributed by atoms with E-state index in [4.69, 9.17) is 0 Å². The number of ketones is 1. The van der Waals surface area contributed by atoms with Gasteiger partial charge >= 0.3 is 6.03 Å². The molecular formula is C12H11N4O3. The minimum atomic E-state index is -0.542. The fourth-order valence-electron chi connectivity index (χ4n) is 1.63. The quantitative estimate of drug-likeness (QED) is 0.602. The van der Waals surface area contributed by atoms with Crippen LogP contribution < -0.4 is 16.0 Å². The van der Waals surface area contributed by atoms with Crippen LogP contribution in [0.15, 0.2) is 29.7 Å². The zero-order valence-corrected chi connectivity index (χ0v) is 10.1. The summed E-state index contributed by atoms with van der Waals surface area (Å²) in [6, 6.07) is 2.47. The Bertz CT molecular complexity index is 563. The van der Waals surface area contributed by atoms with Gasteiger partial charge in [0.2, 0.25) is 12.2 Å². The number of nitrogens with zero attached hydrogens (tertiary/aromatic N) is 2. The maximum Gasteiger partial charge on any atom is 0.345 e. The number of urea groups is 1. The molecule has 7 nitrogen and oxygen atoms in total. The van der Waals surface area contributed by atoms with E-state index in [2.05, 4.69) is 20.9 Å². The van der Waals surface area contributed by atoms with Crippen molar-refractivity contribution < 1.29 is 14.4 Å². The van der Waals surface area contributed by atoms with Gasteiger partial charge in [0.1, 0.15) is 11.4 Å². The molecule has 1 aromatic rings. The lowest BCUT2D eigenvalue weighted by Crippen LogP contribution is -2.19. The summed E-state index contributed by atoms with van der Waals surface area (Å²) in [5.41, 5.74) is 1.23. The van der Waals surface area contributed by atoms with Gasteiger partial charge in [-0.15, -0.1) is 0 Å². The molecule has 2 rings (SSSR count). The molecule has 0 bridgehead atoms. The molecule has 7 heteroatoms. The molecule has 2 heterocycles. The third-order valence-corrected chi connectivity index (χ3v) is 2.55. The first-order valence-corrected chi connectivity index (χ1v) is 5.62. The van der Waals surface area contributed by atoms with Gasteiger partial charge in [-0.2, -0.15) is 5.32 Å². The van der Waals surface area contributed by atoms with E-state index in [1.165, 1.54) is 12.3 Å². The van der Waals surface area contributed by atoms with E-state index >= 15 is 0 Å². The minimum absolute atomic E-state index is 0.0936. The van der Waals surface area contributed by atoms with Gasteiger partial charge in [0.25, 0.3) is 0 Å². The second-order valence-electron chi connectivity index (χ2n) is 3.75. The molecule has 0 unspecified atom stereocenters. The second kappa shape index (κ2) is 5.30. The van der Waals surface area contributed by atoms with Gasteiger partial charge in [-0.05, 0) is 18.6 Å². The van der Waals surface area contributed by atoms with Crippen molar-refractivity contribution in [2.45, 2.75) is 13.3 Å². The van der Waals surface area contributed by atoms with Crippen LogP contribution in [0.3, 0.4) is 0 Å². The highest BCUT2D eigenvalue weighted by Crippen LogP contribution is 2.16. The molecule has 1 aromatic heterocycles.